The first kappa shape index (κ1) is 49.6. The van der Waals surface area contributed by atoms with E-state index in [0.29, 0.717) is 25.8 Å². The number of piperidine rings is 1. The summed E-state index contributed by atoms with van der Waals surface area (Å²) < 4.78 is 17.9. The molecule has 3 aliphatic rings. The number of amides is 5. The Morgan fingerprint density at radius 2 is 1.60 bits per heavy atom. The van der Waals surface area contributed by atoms with E-state index in [9.17, 15) is 24.0 Å². The first-order chi connectivity index (χ1) is 31.3. The molecule has 14 nitrogen and oxygen atoms in total. The van der Waals surface area contributed by atoms with Gasteiger partial charge in [0.2, 0.25) is 23.6 Å². The zero-order chi connectivity index (χ0) is 46.8. The Bertz CT molecular complexity index is 2020. The van der Waals surface area contributed by atoms with E-state index < -0.39 is 42.3 Å². The molecule has 1 aliphatic carbocycles. The highest BCUT2D eigenvalue weighted by atomic mass is 32.1. The van der Waals surface area contributed by atoms with Crippen LogP contribution in [0.1, 0.15) is 102 Å². The average Bonchev–Trinajstić information content (AvgIpc) is 4.17. The summed E-state index contributed by atoms with van der Waals surface area (Å²) in [5, 5.41) is 9.02. The van der Waals surface area contributed by atoms with Crippen molar-refractivity contribution in [3.05, 3.63) is 88.4 Å². The number of rotatable bonds is 21. The highest BCUT2D eigenvalue weighted by Crippen LogP contribution is 2.43. The Balaban J connectivity index is 1.12. The second-order valence-electron chi connectivity index (χ2n) is 18.6. The van der Waals surface area contributed by atoms with Crippen molar-refractivity contribution >= 4 is 41.1 Å². The summed E-state index contributed by atoms with van der Waals surface area (Å²) in [6.07, 6.45) is 5.04. The molecule has 2 aromatic carbocycles. The second kappa shape index (κ2) is 23.0. The van der Waals surface area contributed by atoms with Crippen molar-refractivity contribution < 1.29 is 38.2 Å². The zero-order valence-electron chi connectivity index (χ0n) is 39.4. The van der Waals surface area contributed by atoms with Gasteiger partial charge in [0.05, 0.1) is 42.7 Å². The molecule has 1 aromatic heterocycles. The molecule has 5 amide bonds. The molecule has 15 heteroatoms. The lowest BCUT2D eigenvalue weighted by molar-refractivity contribution is -0.148. The molecule has 2 saturated heterocycles. The molecule has 3 aromatic rings. The minimum Gasteiger partial charge on any atom is -0.445 e. The maximum absolute atomic E-state index is 14.7. The molecule has 2 N–H and O–H groups in total. The van der Waals surface area contributed by atoms with Crippen LogP contribution < -0.4 is 10.6 Å². The summed E-state index contributed by atoms with van der Waals surface area (Å²) in [4.78, 5) is 80.5. The van der Waals surface area contributed by atoms with E-state index in [2.05, 4.69) is 15.6 Å². The monoisotopic (exact) mass is 914 g/mol. The number of thiazole rings is 1. The van der Waals surface area contributed by atoms with Crippen LogP contribution in [0, 0.1) is 23.7 Å². The van der Waals surface area contributed by atoms with Gasteiger partial charge in [-0.05, 0) is 67.4 Å². The molecule has 3 heterocycles. The quantitative estimate of drug-likeness (QED) is 0.117. The Morgan fingerprint density at radius 1 is 0.908 bits per heavy atom. The van der Waals surface area contributed by atoms with Gasteiger partial charge in [-0.25, -0.2) is 9.78 Å². The number of nitrogens with one attached hydrogen (secondary N) is 2. The molecule has 3 fully saturated rings. The molecule has 11 atom stereocenters. The normalized spacial score (nSPS) is 22.4. The van der Waals surface area contributed by atoms with Crippen molar-refractivity contribution in [3.8, 4) is 0 Å². The van der Waals surface area contributed by atoms with Gasteiger partial charge >= 0.3 is 6.09 Å². The van der Waals surface area contributed by atoms with Crippen molar-refractivity contribution in [1.29, 1.82) is 0 Å². The average molecular weight is 915 g/mol. The summed E-state index contributed by atoms with van der Waals surface area (Å²) >= 11 is 1.50. The van der Waals surface area contributed by atoms with Gasteiger partial charge in [-0.15, -0.1) is 11.3 Å². The number of carbonyl (C=O) groups excluding carboxylic acids is 5. The third kappa shape index (κ3) is 11.8. The van der Waals surface area contributed by atoms with E-state index in [4.69, 9.17) is 14.2 Å². The summed E-state index contributed by atoms with van der Waals surface area (Å²) in [6, 6.07) is 16.5. The molecule has 2 aliphatic heterocycles. The third-order valence-corrected chi connectivity index (χ3v) is 15.0. The largest absolute Gasteiger partial charge is 0.445 e. The topological polar surface area (TPSA) is 160 Å². The molecule has 6 rings (SSSR count). The lowest BCUT2D eigenvalue weighted by Gasteiger charge is -2.41. The molecule has 0 radical (unpaired) electrons. The van der Waals surface area contributed by atoms with Gasteiger partial charge in [-0.3, -0.25) is 24.1 Å². The van der Waals surface area contributed by atoms with Crippen LogP contribution in [0.25, 0.3) is 0 Å². The summed E-state index contributed by atoms with van der Waals surface area (Å²) in [5.41, 5.74) is 1.94. The van der Waals surface area contributed by atoms with Crippen LogP contribution in [0.15, 0.2) is 72.2 Å². The van der Waals surface area contributed by atoms with Gasteiger partial charge in [-0.1, -0.05) is 102 Å². The maximum atomic E-state index is 14.7. The van der Waals surface area contributed by atoms with E-state index in [0.717, 1.165) is 41.8 Å². The molecular formula is C50H70N6O8S. The summed E-state index contributed by atoms with van der Waals surface area (Å²) in [7, 11) is 4.87. The molecule has 2 bridgehead atoms. The van der Waals surface area contributed by atoms with E-state index in [1.54, 1.807) is 37.3 Å². The number of carbonyl (C=O) groups is 5. The van der Waals surface area contributed by atoms with Crippen LogP contribution in [0.5, 0.6) is 0 Å². The molecule has 1 saturated carbocycles. The van der Waals surface area contributed by atoms with E-state index >= 15 is 0 Å². The minimum atomic E-state index is -0.894. The lowest BCUT2D eigenvalue weighted by atomic mass is 9.89. The number of hydrogen-bond acceptors (Lipinski definition) is 10. The van der Waals surface area contributed by atoms with Gasteiger partial charge < -0.3 is 34.6 Å². The van der Waals surface area contributed by atoms with Gasteiger partial charge in [0, 0.05) is 45.4 Å². The number of benzene rings is 2. The van der Waals surface area contributed by atoms with Crippen molar-refractivity contribution in [2.24, 2.45) is 23.7 Å². The molecular weight excluding hydrogens is 845 g/mol. The maximum Gasteiger partial charge on any atom is 0.411 e. The van der Waals surface area contributed by atoms with Crippen LogP contribution >= 0.6 is 11.3 Å². The molecule has 65 heavy (non-hydrogen) atoms. The highest BCUT2D eigenvalue weighted by molar-refractivity contribution is 7.09. The lowest BCUT2D eigenvalue weighted by Crippen LogP contribution is -2.60. The van der Waals surface area contributed by atoms with Crippen LogP contribution in [0.2, 0.25) is 0 Å². The van der Waals surface area contributed by atoms with Crippen LogP contribution in [-0.4, -0.2) is 120 Å². The van der Waals surface area contributed by atoms with Crippen molar-refractivity contribution in [2.75, 3.05) is 27.8 Å². The van der Waals surface area contributed by atoms with Crippen molar-refractivity contribution in [1.82, 2.24) is 30.3 Å². The van der Waals surface area contributed by atoms with Crippen LogP contribution in [0.4, 0.5) is 4.79 Å². The second-order valence-corrected chi connectivity index (χ2v) is 19.5. The standard InChI is InChI=1S/C50H70N6O8S/c1-9-32(4)43(54(6)49(60)42(31(2)3)53-47(59)44-36-22-23-37(28-36)56(44)50(61)64-30-35-19-14-11-15-20-35)40(62-7)29-41(57)55-25-16-21-39(55)45(63-8)33(5)46(58)52-38(48-51-24-26-65-48)27-34-17-12-10-13-18-34/h10-15,17-20,24,26,31-33,36-40,42-45H,9,16,21-23,25,27-30H2,1-8H3,(H,52,58)(H,53,59)/t32-,33+,36-,37+,38-,39-,40+,42-,43-,44-,45+/m0/s1. The fourth-order valence-corrected chi connectivity index (χ4v) is 11.1. The molecule has 0 spiro atoms. The third-order valence-electron chi connectivity index (χ3n) is 14.1. The Hall–Kier alpha value is -4.86. The Kier molecular flexibility index (Phi) is 17.6. The first-order valence-corrected chi connectivity index (χ1v) is 24.3. The minimum absolute atomic E-state index is 0.00371. The number of nitrogens with zero attached hydrogens (tertiary/aromatic N) is 4. The number of fused-ring (bicyclic) bond motifs is 2. The summed E-state index contributed by atoms with van der Waals surface area (Å²) in [6.45, 7) is 10.3. The van der Waals surface area contributed by atoms with Gasteiger partial charge in [0.25, 0.3) is 0 Å². The predicted octanol–water partition coefficient (Wildman–Crippen LogP) is 6.79. The Labute approximate surface area is 389 Å². The smallest absolute Gasteiger partial charge is 0.411 e. The Morgan fingerprint density at radius 3 is 2.22 bits per heavy atom. The van der Waals surface area contributed by atoms with Crippen LogP contribution in [0.3, 0.4) is 0 Å². The van der Waals surface area contributed by atoms with Gasteiger partial charge in [-0.2, -0.15) is 0 Å². The first-order valence-electron chi connectivity index (χ1n) is 23.4. The van der Waals surface area contributed by atoms with E-state index in [1.807, 2.05) is 106 Å². The molecule has 354 valence electrons. The number of aromatic nitrogens is 1. The number of hydrogen-bond donors (Lipinski definition) is 2. The number of ether oxygens (including phenoxy) is 3. The number of methoxy groups -OCH3 is 2. The van der Waals surface area contributed by atoms with Crippen molar-refractivity contribution in [2.45, 2.75) is 141 Å². The fraction of sp³-hybridized carbons (Fsp3) is 0.600. The number of likely N-dealkylation sites (N-methyl/N-ethyl adjacent to an activating group) is 1. The van der Waals surface area contributed by atoms with Gasteiger partial charge in [0.1, 0.15) is 23.7 Å². The zero-order valence-corrected chi connectivity index (χ0v) is 40.2. The highest BCUT2D eigenvalue weighted by Gasteiger charge is 2.53. The SMILES string of the molecule is CC[C@H](C)[C@@H]([C@@H](CC(=O)N1CCC[C@H]1[C@H](OC)[C@@H](C)C(=O)N[C@@H](Cc1ccccc1)c1nccs1)OC)N(C)C(=O)[C@@H](NC(=O)[C@@H]1[C@H]2CC[C@H](C2)N1C(=O)OCc1ccccc1)C(C)C. The van der Waals surface area contributed by atoms with E-state index in [-0.39, 0.29) is 72.5 Å². The molecule has 0 unspecified atom stereocenters. The fourth-order valence-electron chi connectivity index (χ4n) is 10.4. The van der Waals surface area contributed by atoms with E-state index in [1.165, 1.54) is 11.3 Å². The summed E-state index contributed by atoms with van der Waals surface area (Å²) in [5.74, 6) is -1.94. The van der Waals surface area contributed by atoms with Gasteiger partial charge in [0.15, 0.2) is 0 Å². The van der Waals surface area contributed by atoms with Crippen LogP contribution in [-0.2, 0) is 46.4 Å². The van der Waals surface area contributed by atoms with Crippen molar-refractivity contribution in [3.63, 3.8) is 0 Å². The number of likely N-dealkylation sites (tertiary alicyclic amines) is 2. The predicted molar refractivity (Wildman–Crippen MR) is 249 cm³/mol.